The quantitative estimate of drug-likeness (QED) is 0.696. The highest BCUT2D eigenvalue weighted by atomic mass is 16.4. The van der Waals surface area contributed by atoms with Gasteiger partial charge in [-0.1, -0.05) is 19.1 Å². The Hall–Kier alpha value is -2.63. The molecule has 2 aromatic rings. The Balaban J connectivity index is 2.04. The van der Waals surface area contributed by atoms with Crippen molar-refractivity contribution in [3.05, 3.63) is 45.8 Å². The van der Waals surface area contributed by atoms with Gasteiger partial charge in [0.1, 0.15) is 11.1 Å². The van der Waals surface area contributed by atoms with E-state index >= 15 is 0 Å². The topological polar surface area (TPSA) is 79.6 Å². The minimum Gasteiger partial charge on any atom is -0.423 e. The summed E-state index contributed by atoms with van der Waals surface area (Å²) >= 11 is 0. The van der Waals surface area contributed by atoms with Crippen molar-refractivity contribution in [3.63, 3.8) is 0 Å². The van der Waals surface area contributed by atoms with Crippen LogP contribution in [0.2, 0.25) is 0 Å². The van der Waals surface area contributed by atoms with Gasteiger partial charge in [0.05, 0.1) is 6.54 Å². The number of rotatable bonds is 3. The van der Waals surface area contributed by atoms with Crippen LogP contribution in [0.25, 0.3) is 11.0 Å². The molecule has 1 aromatic heterocycles. The zero-order chi connectivity index (χ0) is 16.8. The lowest BCUT2D eigenvalue weighted by molar-refractivity contribution is -0.131. The van der Waals surface area contributed by atoms with Gasteiger partial charge in [-0.25, -0.2) is 9.59 Å². The Bertz CT molecular complexity index is 871. The van der Waals surface area contributed by atoms with Gasteiger partial charge in [0.25, 0.3) is 5.91 Å². The first-order valence-corrected chi connectivity index (χ1v) is 7.51. The fourth-order valence-corrected chi connectivity index (χ4v) is 2.77. The number of imide groups is 1. The highest BCUT2D eigenvalue weighted by Crippen LogP contribution is 2.25. The summed E-state index contributed by atoms with van der Waals surface area (Å²) in [6.45, 7) is 5.49. The van der Waals surface area contributed by atoms with E-state index in [1.54, 1.807) is 13.0 Å². The molecule has 2 heterocycles. The Kier molecular flexibility index (Phi) is 3.47. The van der Waals surface area contributed by atoms with Crippen LogP contribution in [0.15, 0.2) is 33.5 Å². The number of fused-ring (bicyclic) bond motifs is 1. The maximum absolute atomic E-state index is 12.5. The molecule has 0 spiro atoms. The zero-order valence-electron chi connectivity index (χ0n) is 13.3. The number of hydrogen-bond acceptors (Lipinski definition) is 4. The summed E-state index contributed by atoms with van der Waals surface area (Å²) in [5.74, 6) is -0.279. The van der Waals surface area contributed by atoms with Crippen molar-refractivity contribution in [1.82, 2.24) is 10.2 Å². The molecule has 6 nitrogen and oxygen atoms in total. The van der Waals surface area contributed by atoms with Crippen LogP contribution in [0.3, 0.4) is 0 Å². The van der Waals surface area contributed by atoms with Crippen LogP contribution >= 0.6 is 0 Å². The average Bonchev–Trinajstić information content (AvgIpc) is 2.70. The normalized spacial score (nSPS) is 21.1. The number of aryl methyl sites for hydroxylation is 1. The summed E-state index contributed by atoms with van der Waals surface area (Å²) in [5.41, 5.74) is 0.635. The standard InChI is InChI=1S/C17H18N2O4/c1-4-17(3)15(21)19(16(22)18-17)9-11-8-14(20)23-13-7-10(2)5-6-12(11)13/h5-8H,4,9H2,1-3H3,(H,18,22). The van der Waals surface area contributed by atoms with Gasteiger partial charge in [0.2, 0.25) is 0 Å². The van der Waals surface area contributed by atoms with Crippen molar-refractivity contribution in [2.24, 2.45) is 0 Å². The molecule has 1 aliphatic heterocycles. The van der Waals surface area contributed by atoms with Crippen LogP contribution in [0.1, 0.15) is 31.4 Å². The molecular weight excluding hydrogens is 296 g/mol. The number of amides is 3. The molecule has 3 amide bonds. The molecule has 1 aromatic carbocycles. The lowest BCUT2D eigenvalue weighted by Crippen LogP contribution is -2.43. The van der Waals surface area contributed by atoms with Gasteiger partial charge in [-0.3, -0.25) is 9.69 Å². The average molecular weight is 314 g/mol. The first kappa shape index (κ1) is 15.3. The van der Waals surface area contributed by atoms with Crippen LogP contribution in [-0.2, 0) is 11.3 Å². The summed E-state index contributed by atoms with van der Waals surface area (Å²) in [6, 6.07) is 6.39. The molecule has 120 valence electrons. The van der Waals surface area contributed by atoms with E-state index < -0.39 is 17.2 Å². The summed E-state index contributed by atoms with van der Waals surface area (Å²) in [7, 11) is 0. The Labute approximate surface area is 133 Å². The summed E-state index contributed by atoms with van der Waals surface area (Å²) in [5, 5.41) is 3.43. The maximum Gasteiger partial charge on any atom is 0.336 e. The van der Waals surface area contributed by atoms with E-state index in [9.17, 15) is 14.4 Å². The van der Waals surface area contributed by atoms with Gasteiger partial charge >= 0.3 is 11.7 Å². The predicted molar refractivity (Wildman–Crippen MR) is 85.0 cm³/mol. The highest BCUT2D eigenvalue weighted by Gasteiger charge is 2.46. The maximum atomic E-state index is 12.5. The Morgan fingerprint density at radius 3 is 2.61 bits per heavy atom. The second kappa shape index (κ2) is 5.22. The molecule has 0 bridgehead atoms. The van der Waals surface area contributed by atoms with Crippen molar-refractivity contribution >= 4 is 22.9 Å². The van der Waals surface area contributed by atoms with Crippen LogP contribution in [0, 0.1) is 6.92 Å². The van der Waals surface area contributed by atoms with Crippen molar-refractivity contribution in [3.8, 4) is 0 Å². The van der Waals surface area contributed by atoms with Crippen molar-refractivity contribution in [2.45, 2.75) is 39.3 Å². The minimum absolute atomic E-state index is 0.0470. The highest BCUT2D eigenvalue weighted by molar-refractivity contribution is 6.06. The predicted octanol–water partition coefficient (Wildman–Crippen LogP) is 2.32. The van der Waals surface area contributed by atoms with Gasteiger partial charge in [-0.15, -0.1) is 0 Å². The molecule has 3 rings (SSSR count). The van der Waals surface area contributed by atoms with Crippen molar-refractivity contribution in [1.29, 1.82) is 0 Å². The third-order valence-electron chi connectivity index (χ3n) is 4.37. The van der Waals surface area contributed by atoms with Gasteiger partial charge in [-0.2, -0.15) is 0 Å². The Morgan fingerprint density at radius 1 is 1.22 bits per heavy atom. The molecule has 0 radical (unpaired) electrons. The molecule has 6 heteroatoms. The summed E-state index contributed by atoms with van der Waals surface area (Å²) in [4.78, 5) is 37.5. The number of carbonyl (C=O) groups excluding carboxylic acids is 2. The molecule has 1 atom stereocenters. The van der Waals surface area contributed by atoms with Crippen LogP contribution in [0.4, 0.5) is 4.79 Å². The molecule has 1 fully saturated rings. The van der Waals surface area contributed by atoms with Gasteiger partial charge in [-0.05, 0) is 37.5 Å². The summed E-state index contributed by atoms with van der Waals surface area (Å²) < 4.78 is 5.20. The van der Waals surface area contributed by atoms with E-state index in [1.807, 2.05) is 26.0 Å². The molecule has 0 aliphatic carbocycles. The number of benzene rings is 1. The first-order valence-electron chi connectivity index (χ1n) is 7.51. The SMILES string of the molecule is CCC1(C)NC(=O)N(Cc2cc(=O)oc3cc(C)ccc23)C1=O. The molecule has 1 N–H and O–H groups in total. The second-order valence-corrected chi connectivity index (χ2v) is 6.10. The largest absolute Gasteiger partial charge is 0.423 e. The fourth-order valence-electron chi connectivity index (χ4n) is 2.77. The van der Waals surface area contributed by atoms with Gasteiger partial charge in [0.15, 0.2) is 0 Å². The molecule has 1 unspecified atom stereocenters. The number of urea groups is 1. The second-order valence-electron chi connectivity index (χ2n) is 6.10. The van der Waals surface area contributed by atoms with Crippen molar-refractivity contribution in [2.75, 3.05) is 0 Å². The van der Waals surface area contributed by atoms with E-state index in [4.69, 9.17) is 4.42 Å². The number of hydrogen-bond donors (Lipinski definition) is 1. The van der Waals surface area contributed by atoms with E-state index in [0.29, 0.717) is 17.6 Å². The molecular formula is C17H18N2O4. The van der Waals surface area contributed by atoms with E-state index in [-0.39, 0.29) is 12.5 Å². The van der Waals surface area contributed by atoms with Crippen LogP contribution in [-0.4, -0.2) is 22.4 Å². The fraction of sp³-hybridized carbons (Fsp3) is 0.353. The first-order chi connectivity index (χ1) is 10.8. The Morgan fingerprint density at radius 2 is 1.96 bits per heavy atom. The van der Waals surface area contributed by atoms with Gasteiger partial charge < -0.3 is 9.73 Å². The van der Waals surface area contributed by atoms with E-state index in [2.05, 4.69) is 5.32 Å². The molecule has 23 heavy (non-hydrogen) atoms. The van der Waals surface area contributed by atoms with E-state index in [0.717, 1.165) is 15.8 Å². The van der Waals surface area contributed by atoms with Gasteiger partial charge in [0, 0.05) is 11.5 Å². The van der Waals surface area contributed by atoms with Crippen molar-refractivity contribution < 1.29 is 14.0 Å². The van der Waals surface area contributed by atoms with Crippen LogP contribution < -0.4 is 10.9 Å². The summed E-state index contributed by atoms with van der Waals surface area (Å²) in [6.07, 6.45) is 0.505. The number of nitrogens with zero attached hydrogens (tertiary/aromatic N) is 1. The van der Waals surface area contributed by atoms with Crippen LogP contribution in [0.5, 0.6) is 0 Å². The minimum atomic E-state index is -0.886. The smallest absolute Gasteiger partial charge is 0.336 e. The van der Waals surface area contributed by atoms with E-state index in [1.165, 1.54) is 6.07 Å². The molecule has 0 saturated carbocycles. The zero-order valence-corrected chi connectivity index (χ0v) is 13.3. The molecule has 1 aliphatic rings. The number of carbonyl (C=O) groups is 2. The molecule has 1 saturated heterocycles. The third kappa shape index (κ3) is 2.50. The lowest BCUT2D eigenvalue weighted by Gasteiger charge is -2.19. The number of nitrogens with one attached hydrogen (secondary N) is 1. The monoisotopic (exact) mass is 314 g/mol. The lowest BCUT2D eigenvalue weighted by atomic mass is 9.99. The third-order valence-corrected chi connectivity index (χ3v) is 4.37.